The van der Waals surface area contributed by atoms with Gasteiger partial charge >= 0.3 is 0 Å². The molecule has 0 saturated carbocycles. The van der Waals surface area contributed by atoms with Crippen molar-refractivity contribution in [3.8, 4) is 5.95 Å². The third kappa shape index (κ3) is 2.92. The molecule has 1 aliphatic rings. The Bertz CT molecular complexity index is 473. The minimum atomic E-state index is 0. The molecular weight excluding hydrogens is 295 g/mol. The van der Waals surface area contributed by atoms with E-state index in [4.69, 9.17) is 0 Å². The number of halogens is 2. The van der Waals surface area contributed by atoms with E-state index in [1.165, 1.54) is 6.33 Å². The molecule has 2 aromatic rings. The van der Waals surface area contributed by atoms with Gasteiger partial charge in [-0.05, 0) is 6.07 Å². The molecule has 3 rings (SSSR count). The lowest BCUT2D eigenvalue weighted by Crippen LogP contribution is -2.20. The molecule has 0 spiro atoms. The van der Waals surface area contributed by atoms with Gasteiger partial charge in [0.15, 0.2) is 5.82 Å². The van der Waals surface area contributed by atoms with Crippen LogP contribution >= 0.6 is 36.6 Å². The number of hydrogen-bond donors (Lipinski definition) is 1. The first-order valence-corrected chi connectivity index (χ1v) is 6.09. The van der Waals surface area contributed by atoms with Gasteiger partial charge < -0.3 is 0 Å². The second kappa shape index (κ2) is 6.89. The average Bonchev–Trinajstić information content (AvgIpc) is 3.01. The Morgan fingerprint density at radius 3 is 2.67 bits per heavy atom. The predicted molar refractivity (Wildman–Crippen MR) is 74.6 cm³/mol. The monoisotopic (exact) mass is 306 g/mol. The molecule has 98 valence electrons. The Hall–Kier alpha value is -0.890. The molecule has 3 heterocycles. The van der Waals surface area contributed by atoms with E-state index in [2.05, 4.69) is 25.4 Å². The molecule has 6 nitrogen and oxygen atoms in total. The summed E-state index contributed by atoms with van der Waals surface area (Å²) >= 11 is 1.85. The van der Waals surface area contributed by atoms with Crippen molar-refractivity contribution in [3.05, 3.63) is 30.6 Å². The van der Waals surface area contributed by atoms with Gasteiger partial charge in [0.25, 0.3) is 5.95 Å². The third-order valence-corrected chi connectivity index (χ3v) is 3.28. The molecule has 1 fully saturated rings. The van der Waals surface area contributed by atoms with Crippen LogP contribution in [0.15, 0.2) is 24.8 Å². The first-order valence-electron chi connectivity index (χ1n) is 4.93. The van der Waals surface area contributed by atoms with E-state index in [1.807, 2.05) is 11.8 Å². The molecular formula is C9H12Cl2N6S. The molecule has 9 heteroatoms. The van der Waals surface area contributed by atoms with Gasteiger partial charge in [0, 0.05) is 24.0 Å². The summed E-state index contributed by atoms with van der Waals surface area (Å²) in [5.41, 5.74) is 0. The lowest BCUT2D eigenvalue weighted by molar-refractivity contribution is 0.598. The Kier molecular flexibility index (Phi) is 5.80. The smallest absolute Gasteiger partial charge is 0.252 e. The first-order chi connectivity index (χ1) is 7.95. The van der Waals surface area contributed by atoms with Crippen LogP contribution in [0.2, 0.25) is 0 Å². The molecule has 0 aromatic carbocycles. The summed E-state index contributed by atoms with van der Waals surface area (Å²) in [5, 5.41) is 7.52. The first kappa shape index (κ1) is 15.2. The van der Waals surface area contributed by atoms with Gasteiger partial charge in [-0.25, -0.2) is 15.0 Å². The highest BCUT2D eigenvalue weighted by molar-refractivity contribution is 7.99. The molecule has 0 amide bonds. The largest absolute Gasteiger partial charge is 0.298 e. The molecule has 0 unspecified atom stereocenters. The zero-order valence-corrected chi connectivity index (χ0v) is 11.7. The summed E-state index contributed by atoms with van der Waals surface area (Å²) in [4.78, 5) is 12.6. The van der Waals surface area contributed by atoms with Crippen molar-refractivity contribution in [2.45, 2.75) is 6.04 Å². The van der Waals surface area contributed by atoms with Crippen molar-refractivity contribution in [3.63, 3.8) is 0 Å². The third-order valence-electron chi connectivity index (χ3n) is 2.34. The Morgan fingerprint density at radius 1 is 1.22 bits per heavy atom. The minimum Gasteiger partial charge on any atom is -0.298 e. The molecule has 2 aromatic heterocycles. The minimum absolute atomic E-state index is 0. The quantitative estimate of drug-likeness (QED) is 0.900. The van der Waals surface area contributed by atoms with Crippen molar-refractivity contribution in [2.75, 3.05) is 11.6 Å². The van der Waals surface area contributed by atoms with Crippen LogP contribution in [-0.2, 0) is 0 Å². The normalized spacial score (nSPS) is 17.9. The standard InChI is InChI=1S/C9H10N6S.2ClH/c1-2-10-9(11-3-1)15-8(12-5-14-15)7-4-16-6-13-7;;/h1-3,5,7,13H,4,6H2;2*1H/t7-;;/m0../s1. The maximum atomic E-state index is 4.27. The highest BCUT2D eigenvalue weighted by Crippen LogP contribution is 2.22. The van der Waals surface area contributed by atoms with E-state index in [0.717, 1.165) is 17.5 Å². The fraction of sp³-hybridized carbons (Fsp3) is 0.333. The van der Waals surface area contributed by atoms with Crippen molar-refractivity contribution < 1.29 is 0 Å². The number of nitrogens with one attached hydrogen (secondary N) is 1. The van der Waals surface area contributed by atoms with E-state index in [9.17, 15) is 0 Å². The molecule has 1 atom stereocenters. The van der Waals surface area contributed by atoms with Gasteiger partial charge in [-0.15, -0.1) is 36.6 Å². The van der Waals surface area contributed by atoms with Crippen molar-refractivity contribution in [1.82, 2.24) is 30.0 Å². The van der Waals surface area contributed by atoms with Gasteiger partial charge in [-0.3, -0.25) is 5.32 Å². The van der Waals surface area contributed by atoms with Gasteiger partial charge in [0.2, 0.25) is 0 Å². The summed E-state index contributed by atoms with van der Waals surface area (Å²) in [7, 11) is 0. The number of hydrogen-bond acceptors (Lipinski definition) is 6. The van der Waals surface area contributed by atoms with E-state index >= 15 is 0 Å². The average molecular weight is 307 g/mol. The van der Waals surface area contributed by atoms with Crippen LogP contribution in [0.3, 0.4) is 0 Å². The van der Waals surface area contributed by atoms with Crippen molar-refractivity contribution in [1.29, 1.82) is 0 Å². The molecule has 1 saturated heterocycles. The maximum absolute atomic E-state index is 4.27. The summed E-state index contributed by atoms with van der Waals surface area (Å²) < 4.78 is 1.68. The van der Waals surface area contributed by atoms with Crippen molar-refractivity contribution >= 4 is 36.6 Å². The maximum Gasteiger partial charge on any atom is 0.252 e. The number of rotatable bonds is 2. The van der Waals surface area contributed by atoms with E-state index in [-0.39, 0.29) is 30.9 Å². The van der Waals surface area contributed by atoms with Gasteiger partial charge in [-0.1, -0.05) is 0 Å². The van der Waals surface area contributed by atoms with Crippen LogP contribution in [0.5, 0.6) is 0 Å². The van der Waals surface area contributed by atoms with Gasteiger partial charge in [0.05, 0.1) is 6.04 Å². The lowest BCUT2D eigenvalue weighted by Gasteiger charge is -2.09. The molecule has 0 bridgehead atoms. The predicted octanol–water partition coefficient (Wildman–Crippen LogP) is 1.24. The number of thioether (sulfide) groups is 1. The zero-order valence-electron chi connectivity index (χ0n) is 9.26. The van der Waals surface area contributed by atoms with E-state index in [0.29, 0.717) is 5.95 Å². The molecule has 18 heavy (non-hydrogen) atoms. The van der Waals surface area contributed by atoms with Gasteiger partial charge in [0.1, 0.15) is 6.33 Å². The van der Waals surface area contributed by atoms with Gasteiger partial charge in [-0.2, -0.15) is 9.78 Å². The topological polar surface area (TPSA) is 68.5 Å². The van der Waals surface area contributed by atoms with Crippen LogP contribution in [0.1, 0.15) is 11.9 Å². The second-order valence-electron chi connectivity index (χ2n) is 3.35. The van der Waals surface area contributed by atoms with Crippen LogP contribution in [0, 0.1) is 0 Å². The fourth-order valence-corrected chi connectivity index (χ4v) is 2.54. The molecule has 1 N–H and O–H groups in total. The second-order valence-corrected chi connectivity index (χ2v) is 4.38. The number of nitrogens with zero attached hydrogens (tertiary/aromatic N) is 5. The Morgan fingerprint density at radius 2 is 2.00 bits per heavy atom. The van der Waals surface area contributed by atoms with Crippen molar-refractivity contribution in [2.24, 2.45) is 0 Å². The van der Waals surface area contributed by atoms with E-state index < -0.39 is 0 Å². The van der Waals surface area contributed by atoms with Crippen LogP contribution in [0.25, 0.3) is 5.95 Å². The summed E-state index contributed by atoms with van der Waals surface area (Å²) in [5.74, 6) is 3.39. The van der Waals surface area contributed by atoms with E-state index in [1.54, 1.807) is 23.1 Å². The molecule has 1 aliphatic heterocycles. The Labute approximate surface area is 121 Å². The number of aromatic nitrogens is 5. The summed E-state index contributed by atoms with van der Waals surface area (Å²) in [6.45, 7) is 0. The fourth-order valence-electron chi connectivity index (χ4n) is 1.60. The highest BCUT2D eigenvalue weighted by atomic mass is 35.5. The molecule has 0 aliphatic carbocycles. The van der Waals surface area contributed by atoms with Crippen LogP contribution in [-0.4, -0.2) is 36.4 Å². The highest BCUT2D eigenvalue weighted by Gasteiger charge is 2.23. The Balaban J connectivity index is 0.000000810. The lowest BCUT2D eigenvalue weighted by atomic mass is 10.3. The van der Waals surface area contributed by atoms with Crippen LogP contribution in [0.4, 0.5) is 0 Å². The summed E-state index contributed by atoms with van der Waals surface area (Å²) in [6.07, 6.45) is 4.94. The zero-order chi connectivity index (χ0) is 10.8. The van der Waals surface area contributed by atoms with Crippen LogP contribution < -0.4 is 5.32 Å². The SMILES string of the molecule is Cl.Cl.c1cnc(-n2ncnc2[C@@H]2CSCN2)nc1. The summed E-state index contributed by atoms with van der Waals surface area (Å²) in [6, 6.07) is 2.01. The molecule has 0 radical (unpaired) electrons.